The zero-order chi connectivity index (χ0) is 13.0. The van der Waals surface area contributed by atoms with Gasteiger partial charge in [0.1, 0.15) is 12.4 Å². The van der Waals surface area contributed by atoms with Crippen LogP contribution in [0.4, 0.5) is 0 Å². The van der Waals surface area contributed by atoms with E-state index in [1.54, 1.807) is 6.20 Å². The van der Waals surface area contributed by atoms with Gasteiger partial charge < -0.3 is 10.5 Å². The molecule has 2 N–H and O–H groups in total. The summed E-state index contributed by atoms with van der Waals surface area (Å²) in [5.41, 5.74) is 9.14. The fourth-order valence-corrected chi connectivity index (χ4v) is 1.76. The molecule has 0 amide bonds. The number of nitrogens with two attached hydrogens (primary N) is 1. The van der Waals surface area contributed by atoms with Crippen molar-refractivity contribution in [2.75, 3.05) is 0 Å². The number of hydrogen-bond donors (Lipinski definition) is 1. The summed E-state index contributed by atoms with van der Waals surface area (Å²) in [7, 11) is 0. The lowest BCUT2D eigenvalue weighted by molar-refractivity contribution is 0.303. The second-order valence-electron chi connectivity index (χ2n) is 4.46. The van der Waals surface area contributed by atoms with Crippen molar-refractivity contribution >= 4 is 0 Å². The maximum absolute atomic E-state index is 5.85. The number of nitrogens with zero attached hydrogens (tertiary/aromatic N) is 1. The molecule has 0 bridgehead atoms. The normalized spacial score (nSPS) is 12.2. The van der Waals surface area contributed by atoms with Gasteiger partial charge in [-0.3, -0.25) is 4.98 Å². The Bertz CT molecular complexity index is 509. The van der Waals surface area contributed by atoms with Gasteiger partial charge >= 0.3 is 0 Å². The number of pyridine rings is 1. The molecule has 1 aromatic heterocycles. The maximum atomic E-state index is 5.85. The standard InChI is InChI=1S/C15H18N2O/c1-11-8-14(12(2)16)5-6-15(11)18-10-13-4-3-7-17-9-13/h3-9,12H,10,16H2,1-2H3. The van der Waals surface area contributed by atoms with E-state index in [4.69, 9.17) is 10.5 Å². The first-order valence-electron chi connectivity index (χ1n) is 6.04. The highest BCUT2D eigenvalue weighted by atomic mass is 16.5. The molecule has 1 heterocycles. The molecule has 2 rings (SSSR count). The molecule has 2 aromatic rings. The molecule has 1 atom stereocenters. The van der Waals surface area contributed by atoms with Gasteiger partial charge in [0.25, 0.3) is 0 Å². The van der Waals surface area contributed by atoms with Crippen LogP contribution in [0.2, 0.25) is 0 Å². The van der Waals surface area contributed by atoms with Crippen molar-refractivity contribution in [2.24, 2.45) is 5.73 Å². The number of ether oxygens (including phenoxy) is 1. The van der Waals surface area contributed by atoms with Crippen molar-refractivity contribution in [3.05, 3.63) is 59.4 Å². The molecule has 94 valence electrons. The third-order valence-corrected chi connectivity index (χ3v) is 2.84. The Morgan fingerprint density at radius 1 is 1.33 bits per heavy atom. The molecule has 0 spiro atoms. The topological polar surface area (TPSA) is 48.1 Å². The van der Waals surface area contributed by atoms with Crippen LogP contribution in [0.3, 0.4) is 0 Å². The minimum atomic E-state index is 0.0519. The predicted molar refractivity (Wildman–Crippen MR) is 72.4 cm³/mol. The van der Waals surface area contributed by atoms with Crippen molar-refractivity contribution in [3.8, 4) is 5.75 Å². The first kappa shape index (κ1) is 12.6. The summed E-state index contributed by atoms with van der Waals surface area (Å²) in [4.78, 5) is 4.06. The Kier molecular flexibility index (Phi) is 3.95. The maximum Gasteiger partial charge on any atom is 0.122 e. The summed E-state index contributed by atoms with van der Waals surface area (Å²) in [5, 5.41) is 0. The van der Waals surface area contributed by atoms with Gasteiger partial charge in [0.05, 0.1) is 0 Å². The summed E-state index contributed by atoms with van der Waals surface area (Å²) in [5.74, 6) is 0.892. The molecule has 0 aliphatic heterocycles. The Morgan fingerprint density at radius 3 is 2.78 bits per heavy atom. The van der Waals surface area contributed by atoms with Crippen molar-refractivity contribution in [1.29, 1.82) is 0 Å². The van der Waals surface area contributed by atoms with Gasteiger partial charge in [-0.15, -0.1) is 0 Å². The molecular formula is C15H18N2O. The molecule has 1 aromatic carbocycles. The summed E-state index contributed by atoms with van der Waals surface area (Å²) >= 11 is 0. The largest absolute Gasteiger partial charge is 0.489 e. The van der Waals surface area contributed by atoms with E-state index >= 15 is 0 Å². The summed E-state index contributed by atoms with van der Waals surface area (Å²) in [6.07, 6.45) is 3.57. The second kappa shape index (κ2) is 5.65. The Labute approximate surface area is 108 Å². The van der Waals surface area contributed by atoms with Gasteiger partial charge in [-0.1, -0.05) is 18.2 Å². The summed E-state index contributed by atoms with van der Waals surface area (Å²) < 4.78 is 5.78. The van der Waals surface area contributed by atoms with Gasteiger partial charge in [-0.2, -0.15) is 0 Å². The molecule has 0 saturated heterocycles. The van der Waals surface area contributed by atoms with Gasteiger partial charge in [0, 0.05) is 24.0 Å². The molecule has 0 aliphatic carbocycles. The number of benzene rings is 1. The SMILES string of the molecule is Cc1cc(C(C)N)ccc1OCc1cccnc1. The van der Waals surface area contributed by atoms with E-state index in [1.165, 1.54) is 0 Å². The lowest BCUT2D eigenvalue weighted by atomic mass is 10.1. The number of hydrogen-bond acceptors (Lipinski definition) is 3. The highest BCUT2D eigenvalue weighted by Gasteiger charge is 2.04. The third-order valence-electron chi connectivity index (χ3n) is 2.84. The van der Waals surface area contributed by atoms with Crippen LogP contribution in [-0.2, 0) is 6.61 Å². The van der Waals surface area contributed by atoms with Gasteiger partial charge in [0.2, 0.25) is 0 Å². The smallest absolute Gasteiger partial charge is 0.122 e. The molecule has 0 radical (unpaired) electrons. The Balaban J connectivity index is 2.06. The quantitative estimate of drug-likeness (QED) is 0.896. The zero-order valence-electron chi connectivity index (χ0n) is 10.8. The summed E-state index contributed by atoms with van der Waals surface area (Å²) in [6, 6.07) is 10.0. The highest BCUT2D eigenvalue weighted by Crippen LogP contribution is 2.22. The van der Waals surface area contributed by atoms with Crippen LogP contribution in [0.15, 0.2) is 42.7 Å². The molecule has 0 saturated carbocycles. The average molecular weight is 242 g/mol. The van der Waals surface area contributed by atoms with Crippen LogP contribution >= 0.6 is 0 Å². The van der Waals surface area contributed by atoms with Crippen molar-refractivity contribution in [2.45, 2.75) is 26.5 Å². The fourth-order valence-electron chi connectivity index (χ4n) is 1.76. The van der Waals surface area contributed by atoms with E-state index in [1.807, 2.05) is 44.3 Å². The number of aromatic nitrogens is 1. The lowest BCUT2D eigenvalue weighted by Gasteiger charge is -2.12. The van der Waals surface area contributed by atoms with Gasteiger partial charge in [-0.05, 0) is 37.1 Å². The van der Waals surface area contributed by atoms with Gasteiger partial charge in [-0.25, -0.2) is 0 Å². The molecular weight excluding hydrogens is 224 g/mol. The fraction of sp³-hybridized carbons (Fsp3) is 0.267. The van der Waals surface area contributed by atoms with Crippen molar-refractivity contribution < 1.29 is 4.74 Å². The molecule has 0 fully saturated rings. The van der Waals surface area contributed by atoms with E-state index < -0.39 is 0 Å². The van der Waals surface area contributed by atoms with Crippen LogP contribution in [0.25, 0.3) is 0 Å². The molecule has 3 nitrogen and oxygen atoms in total. The van der Waals surface area contributed by atoms with Crippen molar-refractivity contribution in [3.63, 3.8) is 0 Å². The van der Waals surface area contributed by atoms with E-state index in [0.29, 0.717) is 6.61 Å². The van der Waals surface area contributed by atoms with Crippen LogP contribution < -0.4 is 10.5 Å². The van der Waals surface area contributed by atoms with E-state index in [0.717, 1.165) is 22.4 Å². The first-order valence-corrected chi connectivity index (χ1v) is 6.04. The van der Waals surface area contributed by atoms with E-state index in [-0.39, 0.29) is 6.04 Å². The minimum absolute atomic E-state index is 0.0519. The van der Waals surface area contributed by atoms with Crippen LogP contribution in [0, 0.1) is 6.92 Å². The predicted octanol–water partition coefficient (Wildman–Crippen LogP) is 2.99. The number of rotatable bonds is 4. The number of aryl methyl sites for hydroxylation is 1. The first-order chi connectivity index (χ1) is 8.66. The van der Waals surface area contributed by atoms with Gasteiger partial charge in [0.15, 0.2) is 0 Å². The van der Waals surface area contributed by atoms with E-state index in [9.17, 15) is 0 Å². The molecule has 0 aliphatic rings. The van der Waals surface area contributed by atoms with Crippen LogP contribution in [-0.4, -0.2) is 4.98 Å². The molecule has 18 heavy (non-hydrogen) atoms. The van der Waals surface area contributed by atoms with E-state index in [2.05, 4.69) is 11.1 Å². The minimum Gasteiger partial charge on any atom is -0.489 e. The highest BCUT2D eigenvalue weighted by molar-refractivity contribution is 5.37. The summed E-state index contributed by atoms with van der Waals surface area (Å²) in [6.45, 7) is 4.54. The van der Waals surface area contributed by atoms with Crippen molar-refractivity contribution in [1.82, 2.24) is 4.98 Å². The Hall–Kier alpha value is -1.87. The molecule has 3 heteroatoms. The monoisotopic (exact) mass is 242 g/mol. The van der Waals surface area contributed by atoms with Crippen LogP contribution in [0.5, 0.6) is 5.75 Å². The zero-order valence-corrected chi connectivity index (χ0v) is 10.8. The lowest BCUT2D eigenvalue weighted by Crippen LogP contribution is -2.05. The molecule has 1 unspecified atom stereocenters. The second-order valence-corrected chi connectivity index (χ2v) is 4.46. The third kappa shape index (κ3) is 3.08. The van der Waals surface area contributed by atoms with Crippen LogP contribution in [0.1, 0.15) is 29.7 Å². The Morgan fingerprint density at radius 2 is 2.17 bits per heavy atom. The average Bonchev–Trinajstić information content (AvgIpc) is 2.38.